The van der Waals surface area contributed by atoms with Gasteiger partial charge in [-0.15, -0.1) is 0 Å². The van der Waals surface area contributed by atoms with Crippen LogP contribution in [0.4, 0.5) is 0 Å². The van der Waals surface area contributed by atoms with Crippen LogP contribution in [-0.4, -0.2) is 29.7 Å². The van der Waals surface area contributed by atoms with Crippen molar-refractivity contribution < 1.29 is 13.5 Å². The van der Waals surface area contributed by atoms with E-state index in [1.165, 1.54) is 6.26 Å². The molecule has 2 heterocycles. The van der Waals surface area contributed by atoms with Gasteiger partial charge in [0.1, 0.15) is 0 Å². The summed E-state index contributed by atoms with van der Waals surface area (Å²) in [5, 5.41) is 11.3. The van der Waals surface area contributed by atoms with Gasteiger partial charge in [-0.2, -0.15) is 0 Å². The molecule has 170 valence electrons. The average molecular weight is 461 g/mol. The van der Waals surface area contributed by atoms with Crippen molar-refractivity contribution in [2.24, 2.45) is 0 Å². The third-order valence-electron chi connectivity index (χ3n) is 6.28. The molecule has 0 fully saturated rings. The highest BCUT2D eigenvalue weighted by molar-refractivity contribution is 7.91. The number of hydrogen-bond donors (Lipinski definition) is 1. The van der Waals surface area contributed by atoms with Crippen molar-refractivity contribution in [2.75, 3.05) is 6.26 Å². The number of pyridine rings is 2. The lowest BCUT2D eigenvalue weighted by atomic mass is 9.91. The van der Waals surface area contributed by atoms with Crippen LogP contribution in [0.25, 0.3) is 33.2 Å². The molecular formula is C27H28N2O3S. The number of fused-ring (bicyclic) bond motifs is 1. The molecule has 1 N–H and O–H groups in total. The highest BCUT2D eigenvalue weighted by Gasteiger charge is 2.33. The summed E-state index contributed by atoms with van der Waals surface area (Å²) in [5.41, 5.74) is 4.90. The standard InChI is InChI=1S/C27H28N2O3S/c1-26(2,30)23-14-21(16-28-17-23)18-8-6-9-19(12-18)24-15-22(27(3,4)33(5,31)32)13-20-10-7-11-29-25(20)24/h6-17,30H,1-5H3. The number of rotatable bonds is 5. The van der Waals surface area contributed by atoms with Gasteiger partial charge < -0.3 is 5.11 Å². The van der Waals surface area contributed by atoms with Gasteiger partial charge in [0.25, 0.3) is 0 Å². The van der Waals surface area contributed by atoms with Crippen LogP contribution in [-0.2, 0) is 20.2 Å². The fraction of sp³-hybridized carbons (Fsp3) is 0.259. The van der Waals surface area contributed by atoms with Crippen LogP contribution in [0.3, 0.4) is 0 Å². The monoisotopic (exact) mass is 460 g/mol. The van der Waals surface area contributed by atoms with Gasteiger partial charge in [-0.25, -0.2) is 8.42 Å². The Morgan fingerprint density at radius 3 is 2.24 bits per heavy atom. The molecule has 4 aromatic rings. The lowest BCUT2D eigenvalue weighted by molar-refractivity contribution is 0.0783. The van der Waals surface area contributed by atoms with Crippen molar-refractivity contribution in [3.05, 3.63) is 84.3 Å². The van der Waals surface area contributed by atoms with E-state index in [1.54, 1.807) is 46.3 Å². The van der Waals surface area contributed by atoms with Gasteiger partial charge in [0.15, 0.2) is 9.84 Å². The Bertz CT molecular complexity index is 1450. The summed E-state index contributed by atoms with van der Waals surface area (Å²) in [6.45, 7) is 6.93. The maximum absolute atomic E-state index is 12.5. The fourth-order valence-electron chi connectivity index (χ4n) is 3.77. The van der Waals surface area contributed by atoms with Crippen LogP contribution in [0.1, 0.15) is 38.8 Å². The van der Waals surface area contributed by atoms with Crippen LogP contribution in [0.5, 0.6) is 0 Å². The maximum Gasteiger partial charge on any atom is 0.156 e. The first-order chi connectivity index (χ1) is 15.4. The Balaban J connectivity index is 1.92. The Labute approximate surface area is 195 Å². The Hall–Kier alpha value is -3.09. The zero-order valence-corrected chi connectivity index (χ0v) is 20.3. The second kappa shape index (κ2) is 8.04. The summed E-state index contributed by atoms with van der Waals surface area (Å²) >= 11 is 0. The van der Waals surface area contributed by atoms with Gasteiger partial charge in [0.2, 0.25) is 0 Å². The summed E-state index contributed by atoms with van der Waals surface area (Å²) < 4.78 is 24.0. The van der Waals surface area contributed by atoms with E-state index in [0.29, 0.717) is 0 Å². The predicted molar refractivity (Wildman–Crippen MR) is 134 cm³/mol. The quantitative estimate of drug-likeness (QED) is 0.427. The molecule has 2 aromatic carbocycles. The molecule has 0 saturated heterocycles. The highest BCUT2D eigenvalue weighted by Crippen LogP contribution is 2.37. The zero-order chi connectivity index (χ0) is 24.0. The average Bonchev–Trinajstić information content (AvgIpc) is 2.77. The molecule has 0 bridgehead atoms. The van der Waals surface area contributed by atoms with E-state index in [0.717, 1.165) is 44.3 Å². The van der Waals surface area contributed by atoms with E-state index in [9.17, 15) is 13.5 Å². The Morgan fingerprint density at radius 2 is 1.55 bits per heavy atom. The highest BCUT2D eigenvalue weighted by atomic mass is 32.2. The van der Waals surface area contributed by atoms with E-state index in [4.69, 9.17) is 0 Å². The van der Waals surface area contributed by atoms with E-state index in [-0.39, 0.29) is 0 Å². The van der Waals surface area contributed by atoms with Crippen molar-refractivity contribution in [2.45, 2.75) is 38.0 Å². The molecule has 5 nitrogen and oxygen atoms in total. The first kappa shape index (κ1) is 23.1. The molecule has 33 heavy (non-hydrogen) atoms. The van der Waals surface area contributed by atoms with Gasteiger partial charge in [-0.3, -0.25) is 9.97 Å². The van der Waals surface area contributed by atoms with Crippen LogP contribution >= 0.6 is 0 Å². The molecular weight excluding hydrogens is 432 g/mol. The third kappa shape index (κ3) is 4.41. The molecule has 0 aliphatic rings. The molecule has 0 saturated carbocycles. The summed E-state index contributed by atoms with van der Waals surface area (Å²) in [5.74, 6) is 0. The van der Waals surface area contributed by atoms with Gasteiger partial charge in [-0.1, -0.05) is 24.3 Å². The Morgan fingerprint density at radius 1 is 0.818 bits per heavy atom. The maximum atomic E-state index is 12.5. The molecule has 4 rings (SSSR count). The van der Waals surface area contributed by atoms with Gasteiger partial charge >= 0.3 is 0 Å². The van der Waals surface area contributed by atoms with E-state index >= 15 is 0 Å². The van der Waals surface area contributed by atoms with Crippen LogP contribution in [0.2, 0.25) is 0 Å². The van der Waals surface area contributed by atoms with Crippen molar-refractivity contribution in [1.29, 1.82) is 0 Å². The van der Waals surface area contributed by atoms with Crippen LogP contribution < -0.4 is 0 Å². The molecule has 0 radical (unpaired) electrons. The number of nitrogens with zero attached hydrogens (tertiary/aromatic N) is 2. The minimum absolute atomic E-state index is 0.719. The molecule has 2 aromatic heterocycles. The third-order valence-corrected chi connectivity index (χ3v) is 8.37. The van der Waals surface area contributed by atoms with Crippen LogP contribution in [0, 0.1) is 0 Å². The molecule has 0 aliphatic heterocycles. The molecule has 6 heteroatoms. The topological polar surface area (TPSA) is 80.2 Å². The summed E-state index contributed by atoms with van der Waals surface area (Å²) in [7, 11) is -3.35. The largest absolute Gasteiger partial charge is 0.386 e. The van der Waals surface area contributed by atoms with E-state index in [1.807, 2.05) is 54.6 Å². The van der Waals surface area contributed by atoms with Gasteiger partial charge in [0.05, 0.1) is 15.9 Å². The summed E-state index contributed by atoms with van der Waals surface area (Å²) in [4.78, 5) is 8.91. The van der Waals surface area contributed by atoms with E-state index in [2.05, 4.69) is 9.97 Å². The number of aliphatic hydroxyl groups is 1. The molecule has 0 atom stereocenters. The number of benzene rings is 2. The minimum Gasteiger partial charge on any atom is -0.386 e. The Kier molecular flexibility index (Phi) is 5.63. The second-order valence-corrected chi connectivity index (χ2v) is 12.0. The van der Waals surface area contributed by atoms with Gasteiger partial charge in [-0.05, 0) is 74.7 Å². The van der Waals surface area contributed by atoms with Crippen molar-refractivity contribution >= 4 is 20.7 Å². The molecule has 0 aliphatic carbocycles. The molecule has 0 amide bonds. The summed E-state index contributed by atoms with van der Waals surface area (Å²) in [6, 6.07) is 17.6. The van der Waals surface area contributed by atoms with Crippen LogP contribution in [0.15, 0.2) is 73.2 Å². The first-order valence-electron chi connectivity index (χ1n) is 10.8. The smallest absolute Gasteiger partial charge is 0.156 e. The lowest BCUT2D eigenvalue weighted by Crippen LogP contribution is -2.28. The van der Waals surface area contributed by atoms with Crippen molar-refractivity contribution in [3.63, 3.8) is 0 Å². The second-order valence-electron chi connectivity index (χ2n) is 9.48. The predicted octanol–water partition coefficient (Wildman–Crippen LogP) is 5.47. The fourth-order valence-corrected chi connectivity index (χ4v) is 4.32. The number of aromatic nitrogens is 2. The number of hydrogen-bond acceptors (Lipinski definition) is 5. The SMILES string of the molecule is CC(C)(O)c1cncc(-c2cccc(-c3cc(C(C)(C)S(C)(=O)=O)cc4cccnc34)c2)c1. The first-order valence-corrected chi connectivity index (χ1v) is 12.6. The molecule has 0 unspecified atom stereocenters. The zero-order valence-electron chi connectivity index (χ0n) is 19.5. The summed E-state index contributed by atoms with van der Waals surface area (Å²) in [6.07, 6.45) is 6.45. The van der Waals surface area contributed by atoms with E-state index < -0.39 is 20.2 Å². The molecule has 0 spiro atoms. The van der Waals surface area contributed by atoms with Gasteiger partial charge in [0, 0.05) is 46.9 Å². The van der Waals surface area contributed by atoms with Crippen molar-refractivity contribution in [1.82, 2.24) is 9.97 Å². The normalized spacial score (nSPS) is 12.8. The minimum atomic E-state index is -3.35. The lowest BCUT2D eigenvalue weighted by Gasteiger charge is -2.24. The number of sulfone groups is 1. The van der Waals surface area contributed by atoms with Crippen molar-refractivity contribution in [3.8, 4) is 22.3 Å².